The van der Waals surface area contributed by atoms with Crippen LogP contribution in [0.25, 0.3) is 0 Å². The minimum Gasteiger partial charge on any atom is -0.455 e. The molecule has 0 unspecified atom stereocenters. The zero-order chi connectivity index (χ0) is 14.0. The third-order valence-corrected chi connectivity index (χ3v) is 3.69. The molecule has 0 heterocycles. The third kappa shape index (κ3) is 3.47. The number of rotatable bonds is 3. The quantitative estimate of drug-likeness (QED) is 0.799. The topological polar surface area (TPSA) is 35.2 Å². The van der Waals surface area contributed by atoms with Crippen LogP contribution in [0.1, 0.15) is 11.1 Å². The normalized spacial score (nSPS) is 10.3. The lowest BCUT2D eigenvalue weighted by Gasteiger charge is -2.11. The van der Waals surface area contributed by atoms with Gasteiger partial charge in [0.1, 0.15) is 16.5 Å². The first-order valence-corrected chi connectivity index (χ1v) is 7.08. The van der Waals surface area contributed by atoms with E-state index in [1.165, 1.54) is 0 Å². The van der Waals surface area contributed by atoms with Gasteiger partial charge in [0.25, 0.3) is 0 Å². The number of nitrogens with two attached hydrogens (primary N) is 1. The SMILES string of the molecule is Cc1ccc(Cl)c(Oc2ccc(C(N)=S)cc2Br)c1. The Hall–Kier alpha value is -1.10. The van der Waals surface area contributed by atoms with Gasteiger partial charge in [-0.15, -0.1) is 0 Å². The Morgan fingerprint density at radius 3 is 2.58 bits per heavy atom. The van der Waals surface area contributed by atoms with Crippen molar-refractivity contribution in [2.45, 2.75) is 6.92 Å². The van der Waals surface area contributed by atoms with Crippen molar-refractivity contribution in [2.75, 3.05) is 0 Å². The molecule has 0 atom stereocenters. The van der Waals surface area contributed by atoms with Crippen LogP contribution in [0.2, 0.25) is 5.02 Å². The van der Waals surface area contributed by atoms with E-state index < -0.39 is 0 Å². The van der Waals surface area contributed by atoms with Crippen LogP contribution >= 0.6 is 39.7 Å². The number of ether oxygens (including phenoxy) is 1. The molecule has 0 radical (unpaired) electrons. The van der Waals surface area contributed by atoms with Gasteiger partial charge in [-0.2, -0.15) is 0 Å². The van der Waals surface area contributed by atoms with Crippen LogP contribution in [0.3, 0.4) is 0 Å². The fourth-order valence-corrected chi connectivity index (χ4v) is 2.29. The third-order valence-electron chi connectivity index (χ3n) is 2.52. The molecule has 98 valence electrons. The molecule has 2 rings (SSSR count). The predicted octanol–water partition coefficient (Wildman–Crippen LogP) is 4.84. The second-order valence-electron chi connectivity index (χ2n) is 4.05. The van der Waals surface area contributed by atoms with E-state index in [4.69, 9.17) is 34.3 Å². The molecule has 0 saturated heterocycles. The van der Waals surface area contributed by atoms with Crippen LogP contribution in [0.4, 0.5) is 0 Å². The molecule has 0 saturated carbocycles. The fourth-order valence-electron chi connectivity index (χ4n) is 1.54. The van der Waals surface area contributed by atoms with E-state index in [0.717, 1.165) is 15.6 Å². The number of halogens is 2. The van der Waals surface area contributed by atoms with Gasteiger partial charge in [-0.25, -0.2) is 0 Å². The highest BCUT2D eigenvalue weighted by Gasteiger charge is 2.08. The van der Waals surface area contributed by atoms with Crippen LogP contribution in [-0.4, -0.2) is 4.99 Å². The average molecular weight is 357 g/mol. The van der Waals surface area contributed by atoms with Crippen molar-refractivity contribution < 1.29 is 4.74 Å². The molecule has 0 amide bonds. The van der Waals surface area contributed by atoms with Crippen LogP contribution < -0.4 is 10.5 Å². The Balaban J connectivity index is 2.33. The van der Waals surface area contributed by atoms with Gasteiger partial charge in [0.2, 0.25) is 0 Å². The highest BCUT2D eigenvalue weighted by Crippen LogP contribution is 2.34. The largest absolute Gasteiger partial charge is 0.455 e. The van der Waals surface area contributed by atoms with E-state index in [1.54, 1.807) is 6.07 Å². The van der Waals surface area contributed by atoms with Gasteiger partial charge in [0.15, 0.2) is 0 Å². The summed E-state index contributed by atoms with van der Waals surface area (Å²) in [7, 11) is 0. The van der Waals surface area contributed by atoms with Crippen LogP contribution in [0.5, 0.6) is 11.5 Å². The minimum absolute atomic E-state index is 0.348. The summed E-state index contributed by atoms with van der Waals surface area (Å²) >= 11 is 14.5. The molecule has 2 aromatic rings. The first kappa shape index (κ1) is 14.3. The summed E-state index contributed by atoms with van der Waals surface area (Å²) in [5.74, 6) is 1.28. The van der Waals surface area contributed by atoms with Crippen molar-refractivity contribution in [3.8, 4) is 11.5 Å². The first-order chi connectivity index (χ1) is 8.97. The van der Waals surface area contributed by atoms with E-state index in [0.29, 0.717) is 21.5 Å². The summed E-state index contributed by atoms with van der Waals surface area (Å²) in [6, 6.07) is 11.1. The van der Waals surface area contributed by atoms with Crippen molar-refractivity contribution >= 4 is 44.7 Å². The van der Waals surface area contributed by atoms with Gasteiger partial charge >= 0.3 is 0 Å². The molecule has 19 heavy (non-hydrogen) atoms. The molecule has 0 aromatic heterocycles. The molecule has 2 aromatic carbocycles. The van der Waals surface area contributed by atoms with E-state index in [1.807, 2.05) is 37.3 Å². The number of hydrogen-bond donors (Lipinski definition) is 1. The van der Waals surface area contributed by atoms with Gasteiger partial charge in [-0.3, -0.25) is 0 Å². The Bertz CT molecular complexity index is 645. The Morgan fingerprint density at radius 2 is 1.95 bits per heavy atom. The molecule has 2 nitrogen and oxygen atoms in total. The fraction of sp³-hybridized carbons (Fsp3) is 0.0714. The molecule has 0 aliphatic heterocycles. The summed E-state index contributed by atoms with van der Waals surface area (Å²) in [4.78, 5) is 0.348. The first-order valence-electron chi connectivity index (χ1n) is 5.51. The monoisotopic (exact) mass is 355 g/mol. The molecule has 2 N–H and O–H groups in total. The second kappa shape index (κ2) is 5.90. The molecule has 0 fully saturated rings. The number of thiocarbonyl (C=S) groups is 1. The Morgan fingerprint density at radius 1 is 1.21 bits per heavy atom. The smallest absolute Gasteiger partial charge is 0.146 e. The Kier molecular flexibility index (Phi) is 4.45. The summed E-state index contributed by atoms with van der Waals surface area (Å²) in [5.41, 5.74) is 7.44. The zero-order valence-corrected chi connectivity index (χ0v) is 13.3. The lowest BCUT2D eigenvalue weighted by molar-refractivity contribution is 0.479. The van der Waals surface area contributed by atoms with Gasteiger partial charge in [0.05, 0.1) is 9.50 Å². The lowest BCUT2D eigenvalue weighted by atomic mass is 10.2. The van der Waals surface area contributed by atoms with Crippen LogP contribution in [0.15, 0.2) is 40.9 Å². The lowest BCUT2D eigenvalue weighted by Crippen LogP contribution is -2.09. The van der Waals surface area contributed by atoms with Gasteiger partial charge in [0, 0.05) is 5.56 Å². The minimum atomic E-state index is 0.348. The molecule has 5 heteroatoms. The average Bonchev–Trinajstić information content (AvgIpc) is 2.36. The second-order valence-corrected chi connectivity index (χ2v) is 5.75. The number of aryl methyl sites for hydroxylation is 1. The summed E-state index contributed by atoms with van der Waals surface area (Å²) < 4.78 is 6.57. The van der Waals surface area contributed by atoms with E-state index in [2.05, 4.69) is 15.9 Å². The highest BCUT2D eigenvalue weighted by molar-refractivity contribution is 9.10. The zero-order valence-electron chi connectivity index (χ0n) is 10.1. The summed E-state index contributed by atoms with van der Waals surface area (Å²) in [6.07, 6.45) is 0. The van der Waals surface area contributed by atoms with E-state index in [9.17, 15) is 0 Å². The summed E-state index contributed by atoms with van der Waals surface area (Å²) in [6.45, 7) is 1.98. The predicted molar refractivity (Wildman–Crippen MR) is 86.3 cm³/mol. The number of hydrogen-bond acceptors (Lipinski definition) is 2. The van der Waals surface area contributed by atoms with Crippen molar-refractivity contribution in [1.82, 2.24) is 0 Å². The maximum atomic E-state index is 6.10. The van der Waals surface area contributed by atoms with Crippen molar-refractivity contribution in [2.24, 2.45) is 5.73 Å². The van der Waals surface area contributed by atoms with Crippen LogP contribution in [-0.2, 0) is 0 Å². The molecule has 0 aliphatic carbocycles. The standard InChI is InChI=1S/C14H11BrClNOS/c1-8-2-4-11(16)13(6-8)18-12-5-3-9(14(17)19)7-10(12)15/h2-7H,1H3,(H2,17,19). The van der Waals surface area contributed by atoms with Gasteiger partial charge in [-0.1, -0.05) is 29.9 Å². The molecule has 0 bridgehead atoms. The maximum absolute atomic E-state index is 6.10. The van der Waals surface area contributed by atoms with Gasteiger partial charge < -0.3 is 10.5 Å². The molecular weight excluding hydrogens is 346 g/mol. The van der Waals surface area contributed by atoms with Gasteiger partial charge in [-0.05, 0) is 58.7 Å². The van der Waals surface area contributed by atoms with Crippen molar-refractivity contribution in [1.29, 1.82) is 0 Å². The Labute approximate surface area is 130 Å². The van der Waals surface area contributed by atoms with E-state index >= 15 is 0 Å². The van der Waals surface area contributed by atoms with Crippen LogP contribution in [0, 0.1) is 6.92 Å². The van der Waals surface area contributed by atoms with Crippen molar-refractivity contribution in [3.63, 3.8) is 0 Å². The molecule has 0 aliphatic rings. The molecular formula is C14H11BrClNOS. The molecule has 0 spiro atoms. The summed E-state index contributed by atoms with van der Waals surface area (Å²) in [5, 5.41) is 0.566. The number of benzene rings is 2. The van der Waals surface area contributed by atoms with E-state index in [-0.39, 0.29) is 0 Å². The maximum Gasteiger partial charge on any atom is 0.146 e. The highest BCUT2D eigenvalue weighted by atomic mass is 79.9. The van der Waals surface area contributed by atoms with Crippen molar-refractivity contribution in [3.05, 3.63) is 57.0 Å².